The molecule has 0 fully saturated rings. The van der Waals surface area contributed by atoms with Gasteiger partial charge in [-0.1, -0.05) is 0 Å². The number of amides is 1. The molecule has 0 aromatic carbocycles. The lowest BCUT2D eigenvalue weighted by Gasteiger charge is -2.19. The molecule has 0 atom stereocenters. The van der Waals surface area contributed by atoms with Gasteiger partial charge >= 0.3 is 5.97 Å². The molecule has 0 aliphatic carbocycles. The topological polar surface area (TPSA) is 107 Å². The van der Waals surface area contributed by atoms with Crippen LogP contribution < -0.4 is 16.0 Å². The number of ether oxygens (including phenoxy) is 2. The van der Waals surface area contributed by atoms with Gasteiger partial charge in [0.15, 0.2) is 11.5 Å². The maximum Gasteiger partial charge on any atom is 0.356 e. The van der Waals surface area contributed by atoms with E-state index in [2.05, 4.69) is 15.0 Å². The molecular weight excluding hydrogens is 276 g/mol. The van der Waals surface area contributed by atoms with E-state index in [1.165, 1.54) is 13.2 Å². The average Bonchev–Trinajstić information content (AvgIpc) is 2.47. The largest absolute Gasteiger partial charge is 0.464 e. The van der Waals surface area contributed by atoms with Gasteiger partial charge < -0.3 is 25.4 Å². The third-order valence-corrected chi connectivity index (χ3v) is 2.67. The van der Waals surface area contributed by atoms with Crippen molar-refractivity contribution in [2.75, 3.05) is 51.6 Å². The molecule has 0 aliphatic rings. The molecule has 1 heterocycles. The number of likely N-dealkylation sites (N-methyl/N-ethyl adjacent to an activating group) is 1. The summed E-state index contributed by atoms with van der Waals surface area (Å²) in [5, 5.41) is 2.69. The Balaban J connectivity index is 2.74. The highest BCUT2D eigenvalue weighted by atomic mass is 16.5. The number of esters is 1. The summed E-state index contributed by atoms with van der Waals surface area (Å²) < 4.78 is 9.45. The number of nitrogens with two attached hydrogens (primary N) is 1. The number of nitrogens with one attached hydrogen (secondary N) is 1. The molecule has 116 valence electrons. The average molecular weight is 296 g/mol. The van der Waals surface area contributed by atoms with Crippen molar-refractivity contribution in [1.29, 1.82) is 0 Å². The summed E-state index contributed by atoms with van der Waals surface area (Å²) >= 11 is 0. The molecule has 21 heavy (non-hydrogen) atoms. The molecule has 3 N–H and O–H groups in total. The molecule has 8 heteroatoms. The van der Waals surface area contributed by atoms with Crippen LogP contribution in [0.4, 0.5) is 11.5 Å². The molecule has 0 bridgehead atoms. The summed E-state index contributed by atoms with van der Waals surface area (Å²) in [6, 6.07) is 3.02. The second-order valence-electron chi connectivity index (χ2n) is 4.30. The number of carbonyl (C=O) groups excluding carboxylic acids is 2. The SMILES string of the molecule is COCCNC(=O)CN(C)c1nc(C(=O)OC)ccc1N. The van der Waals surface area contributed by atoms with Gasteiger partial charge in [0, 0.05) is 20.7 Å². The Morgan fingerprint density at radius 2 is 2.10 bits per heavy atom. The quantitative estimate of drug-likeness (QED) is 0.523. The van der Waals surface area contributed by atoms with Crippen LogP contribution in [0.2, 0.25) is 0 Å². The Labute approximate surface area is 123 Å². The molecule has 1 amide bonds. The minimum absolute atomic E-state index is 0.0611. The first-order chi connectivity index (χ1) is 9.99. The number of nitrogen functional groups attached to an aromatic ring is 1. The van der Waals surface area contributed by atoms with Crippen molar-refractivity contribution in [3.63, 3.8) is 0 Å². The minimum Gasteiger partial charge on any atom is -0.464 e. The van der Waals surface area contributed by atoms with E-state index in [0.29, 0.717) is 24.7 Å². The molecule has 1 aromatic heterocycles. The Hall–Kier alpha value is -2.35. The van der Waals surface area contributed by atoms with Crippen molar-refractivity contribution in [2.45, 2.75) is 0 Å². The van der Waals surface area contributed by atoms with E-state index in [-0.39, 0.29) is 18.1 Å². The molecule has 1 aromatic rings. The van der Waals surface area contributed by atoms with Gasteiger partial charge in [0.2, 0.25) is 5.91 Å². The van der Waals surface area contributed by atoms with Crippen LogP contribution in [-0.2, 0) is 14.3 Å². The first kappa shape index (κ1) is 16.7. The van der Waals surface area contributed by atoms with Gasteiger partial charge in [-0.25, -0.2) is 9.78 Å². The number of pyridine rings is 1. The van der Waals surface area contributed by atoms with E-state index in [9.17, 15) is 9.59 Å². The number of aromatic nitrogens is 1. The van der Waals surface area contributed by atoms with Crippen molar-refractivity contribution in [2.24, 2.45) is 0 Å². The molecule has 0 radical (unpaired) electrons. The van der Waals surface area contributed by atoms with Gasteiger partial charge in [-0.2, -0.15) is 0 Å². The highest BCUT2D eigenvalue weighted by Crippen LogP contribution is 2.19. The van der Waals surface area contributed by atoms with E-state index in [4.69, 9.17) is 10.5 Å². The Bertz CT molecular complexity index is 507. The number of hydrogen-bond donors (Lipinski definition) is 2. The number of anilines is 2. The standard InChI is InChI=1S/C13H20N4O4/c1-17(8-11(18)15-6-7-20-2)12-9(14)4-5-10(16-12)13(19)21-3/h4-5H,6-8,14H2,1-3H3,(H,15,18). The number of carbonyl (C=O) groups is 2. The molecule has 1 rings (SSSR count). The van der Waals surface area contributed by atoms with Gasteiger partial charge in [0.05, 0.1) is 25.9 Å². The maximum absolute atomic E-state index is 11.7. The van der Waals surface area contributed by atoms with Crippen molar-refractivity contribution in [3.05, 3.63) is 17.8 Å². The fraction of sp³-hybridized carbons (Fsp3) is 0.462. The van der Waals surface area contributed by atoms with E-state index in [0.717, 1.165) is 0 Å². The zero-order valence-corrected chi connectivity index (χ0v) is 12.4. The van der Waals surface area contributed by atoms with Gasteiger partial charge in [0.25, 0.3) is 0 Å². The van der Waals surface area contributed by atoms with Crippen molar-refractivity contribution < 1.29 is 19.1 Å². The second kappa shape index (κ2) is 8.05. The third-order valence-electron chi connectivity index (χ3n) is 2.67. The predicted molar refractivity (Wildman–Crippen MR) is 78.1 cm³/mol. The zero-order chi connectivity index (χ0) is 15.8. The Morgan fingerprint density at radius 1 is 1.38 bits per heavy atom. The minimum atomic E-state index is -0.561. The van der Waals surface area contributed by atoms with Crippen LogP contribution in [0.25, 0.3) is 0 Å². The molecule has 0 unspecified atom stereocenters. The summed E-state index contributed by atoms with van der Waals surface area (Å²) in [5.41, 5.74) is 6.32. The Kier molecular flexibility index (Phi) is 6.41. The molecule has 0 aliphatic heterocycles. The lowest BCUT2D eigenvalue weighted by molar-refractivity contribution is -0.119. The summed E-state index contributed by atoms with van der Waals surface area (Å²) in [4.78, 5) is 28.9. The van der Waals surface area contributed by atoms with Gasteiger partial charge in [-0.3, -0.25) is 4.79 Å². The lowest BCUT2D eigenvalue weighted by atomic mass is 10.3. The fourth-order valence-corrected chi connectivity index (χ4v) is 1.62. The van der Waals surface area contributed by atoms with E-state index >= 15 is 0 Å². The fourth-order valence-electron chi connectivity index (χ4n) is 1.62. The Morgan fingerprint density at radius 3 is 2.71 bits per heavy atom. The van der Waals surface area contributed by atoms with Crippen LogP contribution in [0.3, 0.4) is 0 Å². The van der Waals surface area contributed by atoms with E-state index in [1.807, 2.05) is 0 Å². The summed E-state index contributed by atoms with van der Waals surface area (Å²) in [5.74, 6) is -0.409. The number of methoxy groups -OCH3 is 2. The highest BCUT2D eigenvalue weighted by Gasteiger charge is 2.15. The van der Waals surface area contributed by atoms with Crippen LogP contribution in [0.1, 0.15) is 10.5 Å². The van der Waals surface area contributed by atoms with Crippen LogP contribution in [-0.4, -0.2) is 57.8 Å². The van der Waals surface area contributed by atoms with Crippen molar-refractivity contribution >= 4 is 23.4 Å². The van der Waals surface area contributed by atoms with Gasteiger partial charge in [-0.05, 0) is 12.1 Å². The van der Waals surface area contributed by atoms with Crippen LogP contribution in [0, 0.1) is 0 Å². The van der Waals surface area contributed by atoms with Crippen molar-refractivity contribution in [3.8, 4) is 0 Å². The second-order valence-corrected chi connectivity index (χ2v) is 4.30. The normalized spacial score (nSPS) is 10.0. The molecule has 0 saturated heterocycles. The number of rotatable bonds is 7. The first-order valence-corrected chi connectivity index (χ1v) is 6.31. The summed E-state index contributed by atoms with van der Waals surface area (Å²) in [6.07, 6.45) is 0. The monoisotopic (exact) mass is 296 g/mol. The predicted octanol–water partition coefficient (Wildman–Crippen LogP) is -0.351. The highest BCUT2D eigenvalue weighted by molar-refractivity contribution is 5.89. The van der Waals surface area contributed by atoms with Gasteiger partial charge in [-0.15, -0.1) is 0 Å². The summed E-state index contributed by atoms with van der Waals surface area (Å²) in [7, 11) is 4.49. The first-order valence-electron chi connectivity index (χ1n) is 6.31. The number of hydrogen-bond acceptors (Lipinski definition) is 7. The molecule has 8 nitrogen and oxygen atoms in total. The number of nitrogens with zero attached hydrogens (tertiary/aromatic N) is 2. The molecule has 0 saturated carbocycles. The smallest absolute Gasteiger partial charge is 0.356 e. The van der Waals surface area contributed by atoms with Gasteiger partial charge in [0.1, 0.15) is 0 Å². The van der Waals surface area contributed by atoms with Crippen LogP contribution in [0.5, 0.6) is 0 Å². The summed E-state index contributed by atoms with van der Waals surface area (Å²) in [6.45, 7) is 0.924. The van der Waals surface area contributed by atoms with Crippen LogP contribution >= 0.6 is 0 Å². The van der Waals surface area contributed by atoms with E-state index in [1.54, 1.807) is 25.1 Å². The zero-order valence-electron chi connectivity index (χ0n) is 12.4. The third kappa shape index (κ3) is 4.92. The maximum atomic E-state index is 11.7. The van der Waals surface area contributed by atoms with Crippen LogP contribution in [0.15, 0.2) is 12.1 Å². The lowest BCUT2D eigenvalue weighted by Crippen LogP contribution is -2.37. The molecular formula is C13H20N4O4. The van der Waals surface area contributed by atoms with E-state index < -0.39 is 5.97 Å². The molecule has 0 spiro atoms. The van der Waals surface area contributed by atoms with Crippen molar-refractivity contribution in [1.82, 2.24) is 10.3 Å².